The summed E-state index contributed by atoms with van der Waals surface area (Å²) in [6.45, 7) is 3.10. The molecule has 1 aliphatic heterocycles. The number of nitrogens with one attached hydrogen (secondary N) is 1. The highest BCUT2D eigenvalue weighted by molar-refractivity contribution is 5.27. The van der Waals surface area contributed by atoms with Crippen molar-refractivity contribution in [3.8, 4) is 0 Å². The van der Waals surface area contributed by atoms with Crippen molar-refractivity contribution in [2.75, 3.05) is 6.54 Å². The Labute approximate surface area is 88.5 Å². The summed E-state index contributed by atoms with van der Waals surface area (Å²) in [5.41, 5.74) is 1.27. The maximum Gasteiger partial charge on any atom is 0.263 e. The van der Waals surface area contributed by atoms with Crippen molar-refractivity contribution >= 4 is 0 Å². The van der Waals surface area contributed by atoms with E-state index in [9.17, 15) is 8.78 Å². The quantitative estimate of drug-likeness (QED) is 0.792. The van der Waals surface area contributed by atoms with Crippen LogP contribution in [0.2, 0.25) is 0 Å². The Morgan fingerprint density at radius 1 is 1.27 bits per heavy atom. The topological polar surface area (TPSA) is 12.0 Å². The van der Waals surface area contributed by atoms with Crippen LogP contribution in [0.25, 0.3) is 0 Å². The van der Waals surface area contributed by atoms with Gasteiger partial charge in [0.15, 0.2) is 0 Å². The van der Waals surface area contributed by atoms with E-state index >= 15 is 0 Å². The third-order valence-corrected chi connectivity index (χ3v) is 3.01. The zero-order valence-electron chi connectivity index (χ0n) is 8.71. The van der Waals surface area contributed by atoms with Crippen LogP contribution in [-0.4, -0.2) is 12.6 Å². The van der Waals surface area contributed by atoms with E-state index in [4.69, 9.17) is 0 Å². The molecule has 0 bridgehead atoms. The first-order chi connectivity index (χ1) is 7.16. The smallest absolute Gasteiger partial charge is 0.263 e. The minimum atomic E-state index is -2.36. The van der Waals surface area contributed by atoms with Crippen molar-refractivity contribution in [2.24, 2.45) is 0 Å². The molecule has 0 amide bonds. The van der Waals surface area contributed by atoms with Gasteiger partial charge in [-0.25, -0.2) is 8.78 Å². The van der Waals surface area contributed by atoms with Gasteiger partial charge in [0, 0.05) is 18.2 Å². The zero-order chi connectivity index (χ0) is 10.8. The number of alkyl halides is 2. The van der Waals surface area contributed by atoms with Crippen molar-refractivity contribution in [3.05, 3.63) is 35.4 Å². The molecular formula is C12H15F2N. The molecule has 0 aromatic heterocycles. The lowest BCUT2D eigenvalue weighted by atomic mass is 9.96. The van der Waals surface area contributed by atoms with Gasteiger partial charge in [-0.15, -0.1) is 0 Å². The van der Waals surface area contributed by atoms with Gasteiger partial charge in [0.1, 0.15) is 0 Å². The SMILES string of the molecule is CC1CC(c2ccc(C(F)F)cc2)CN1. The molecule has 1 saturated heterocycles. The predicted octanol–water partition coefficient (Wildman–Crippen LogP) is 3.09. The fourth-order valence-electron chi connectivity index (χ4n) is 2.10. The van der Waals surface area contributed by atoms with Gasteiger partial charge in [-0.2, -0.15) is 0 Å². The average Bonchev–Trinajstić information content (AvgIpc) is 2.65. The Hall–Kier alpha value is -0.960. The highest BCUT2D eigenvalue weighted by Gasteiger charge is 2.22. The molecule has 0 saturated carbocycles. The maximum absolute atomic E-state index is 12.3. The van der Waals surface area contributed by atoms with Crippen LogP contribution in [0.3, 0.4) is 0 Å². The highest BCUT2D eigenvalue weighted by Crippen LogP contribution is 2.27. The molecule has 1 N–H and O–H groups in total. The second-order valence-corrected chi connectivity index (χ2v) is 4.21. The third-order valence-electron chi connectivity index (χ3n) is 3.01. The standard InChI is InChI=1S/C12H15F2N/c1-8-6-11(7-15-8)9-2-4-10(5-3-9)12(13)14/h2-5,8,11-12,15H,6-7H2,1H3. The van der Waals surface area contributed by atoms with E-state index in [2.05, 4.69) is 12.2 Å². The van der Waals surface area contributed by atoms with Crippen molar-refractivity contribution < 1.29 is 8.78 Å². The molecule has 2 unspecified atom stereocenters. The molecule has 0 spiro atoms. The van der Waals surface area contributed by atoms with E-state index < -0.39 is 6.43 Å². The Morgan fingerprint density at radius 2 is 1.93 bits per heavy atom. The number of hydrogen-bond acceptors (Lipinski definition) is 1. The van der Waals surface area contributed by atoms with E-state index in [1.54, 1.807) is 0 Å². The minimum Gasteiger partial charge on any atom is -0.314 e. The Balaban J connectivity index is 2.10. The van der Waals surface area contributed by atoms with Gasteiger partial charge < -0.3 is 5.32 Å². The summed E-state index contributed by atoms with van der Waals surface area (Å²) >= 11 is 0. The number of halogens is 2. The molecule has 2 atom stereocenters. The lowest BCUT2D eigenvalue weighted by Gasteiger charge is -2.09. The van der Waals surface area contributed by atoms with E-state index in [1.165, 1.54) is 12.1 Å². The molecule has 1 aromatic rings. The lowest BCUT2D eigenvalue weighted by molar-refractivity contribution is 0.151. The van der Waals surface area contributed by atoms with Crippen LogP contribution in [0.15, 0.2) is 24.3 Å². The molecule has 0 aliphatic carbocycles. The van der Waals surface area contributed by atoms with Gasteiger partial charge in [-0.05, 0) is 24.8 Å². The molecule has 1 nitrogen and oxygen atoms in total. The summed E-state index contributed by atoms with van der Waals surface area (Å²) < 4.78 is 24.7. The van der Waals surface area contributed by atoms with Crippen LogP contribution < -0.4 is 5.32 Å². The normalized spacial score (nSPS) is 26.1. The maximum atomic E-state index is 12.3. The Bertz CT molecular complexity index is 321. The van der Waals surface area contributed by atoms with E-state index in [-0.39, 0.29) is 5.56 Å². The van der Waals surface area contributed by atoms with Crippen LogP contribution >= 0.6 is 0 Å². The molecule has 82 valence electrons. The molecule has 1 aliphatic rings. The van der Waals surface area contributed by atoms with E-state index in [0.717, 1.165) is 18.5 Å². The van der Waals surface area contributed by atoms with Crippen LogP contribution in [0, 0.1) is 0 Å². The summed E-state index contributed by atoms with van der Waals surface area (Å²) in [7, 11) is 0. The molecule has 0 radical (unpaired) electrons. The third kappa shape index (κ3) is 2.34. The summed E-state index contributed by atoms with van der Waals surface area (Å²) in [5, 5.41) is 3.36. The van der Waals surface area contributed by atoms with Crippen molar-refractivity contribution in [3.63, 3.8) is 0 Å². The van der Waals surface area contributed by atoms with Gasteiger partial charge >= 0.3 is 0 Å². The molecule has 2 rings (SSSR count). The summed E-state index contributed by atoms with van der Waals surface area (Å²) in [5.74, 6) is 0.478. The van der Waals surface area contributed by atoms with E-state index in [0.29, 0.717) is 12.0 Å². The highest BCUT2D eigenvalue weighted by atomic mass is 19.3. The largest absolute Gasteiger partial charge is 0.314 e. The van der Waals surface area contributed by atoms with Crippen LogP contribution in [0.1, 0.15) is 36.8 Å². The first-order valence-electron chi connectivity index (χ1n) is 5.28. The van der Waals surface area contributed by atoms with Gasteiger partial charge in [-0.1, -0.05) is 24.3 Å². The molecule has 1 heterocycles. The lowest BCUT2D eigenvalue weighted by Crippen LogP contribution is -2.16. The molecule has 1 aromatic carbocycles. The molecular weight excluding hydrogens is 196 g/mol. The van der Waals surface area contributed by atoms with Crippen molar-refractivity contribution in [1.82, 2.24) is 5.32 Å². The molecule has 15 heavy (non-hydrogen) atoms. The number of rotatable bonds is 2. The first-order valence-corrected chi connectivity index (χ1v) is 5.28. The summed E-state index contributed by atoms with van der Waals surface area (Å²) in [6.07, 6.45) is -1.27. The predicted molar refractivity (Wildman–Crippen MR) is 56.2 cm³/mol. The minimum absolute atomic E-state index is 0.109. The van der Waals surface area contributed by atoms with Crippen molar-refractivity contribution in [2.45, 2.75) is 31.7 Å². The second-order valence-electron chi connectivity index (χ2n) is 4.21. The fraction of sp³-hybridized carbons (Fsp3) is 0.500. The van der Waals surface area contributed by atoms with Gasteiger partial charge in [0.05, 0.1) is 0 Å². The fourth-order valence-corrected chi connectivity index (χ4v) is 2.10. The van der Waals surface area contributed by atoms with Crippen molar-refractivity contribution in [1.29, 1.82) is 0 Å². The van der Waals surface area contributed by atoms with E-state index in [1.807, 2.05) is 12.1 Å². The zero-order valence-corrected chi connectivity index (χ0v) is 8.71. The van der Waals surface area contributed by atoms with Gasteiger partial charge in [-0.3, -0.25) is 0 Å². The van der Waals surface area contributed by atoms with Crippen LogP contribution in [0.4, 0.5) is 8.78 Å². The molecule has 3 heteroatoms. The monoisotopic (exact) mass is 211 g/mol. The second kappa shape index (κ2) is 4.27. The Morgan fingerprint density at radius 3 is 2.40 bits per heavy atom. The van der Waals surface area contributed by atoms with Crippen LogP contribution in [0.5, 0.6) is 0 Å². The van der Waals surface area contributed by atoms with Gasteiger partial charge in [0.25, 0.3) is 6.43 Å². The van der Waals surface area contributed by atoms with Gasteiger partial charge in [0.2, 0.25) is 0 Å². The Kier molecular flexibility index (Phi) is 3.00. The summed E-state index contributed by atoms with van der Waals surface area (Å²) in [6, 6.07) is 7.24. The number of hydrogen-bond donors (Lipinski definition) is 1. The summed E-state index contributed by atoms with van der Waals surface area (Å²) in [4.78, 5) is 0. The van der Waals surface area contributed by atoms with Crippen LogP contribution in [-0.2, 0) is 0 Å². The number of benzene rings is 1. The first kappa shape index (κ1) is 10.6. The average molecular weight is 211 g/mol. The molecule has 1 fully saturated rings.